The zero-order valence-electron chi connectivity index (χ0n) is 14.4. The number of amides is 1. The molecule has 0 radical (unpaired) electrons. The third kappa shape index (κ3) is 8.74. The fraction of sp³-hybridized carbons (Fsp3) is 0.471. The van der Waals surface area contributed by atoms with Gasteiger partial charge in [0.15, 0.2) is 6.61 Å². The summed E-state index contributed by atoms with van der Waals surface area (Å²) in [5.74, 6) is -0.952. The molecule has 8 heteroatoms. The molecule has 1 rings (SSSR count). The molecule has 0 saturated heterocycles. The maximum Gasteiger partial charge on any atom is 0.407 e. The third-order valence-corrected chi connectivity index (χ3v) is 3.37. The Morgan fingerprint density at radius 1 is 1.16 bits per heavy atom. The fourth-order valence-corrected chi connectivity index (χ4v) is 2.26. The molecule has 1 aromatic rings. The van der Waals surface area contributed by atoms with E-state index in [0.717, 1.165) is 0 Å². The molecule has 138 valence electrons. The van der Waals surface area contributed by atoms with Crippen molar-refractivity contribution < 1.29 is 23.9 Å². The number of alkyl carbamates (subject to hydrolysis) is 1. The van der Waals surface area contributed by atoms with Crippen LogP contribution in [0.3, 0.4) is 0 Å². The van der Waals surface area contributed by atoms with Crippen LogP contribution in [0.2, 0.25) is 10.0 Å². The van der Waals surface area contributed by atoms with Gasteiger partial charge in [-0.15, -0.1) is 0 Å². The number of carbonyl (C=O) groups excluding carboxylic acids is 3. The molecule has 0 spiro atoms. The van der Waals surface area contributed by atoms with E-state index in [4.69, 9.17) is 32.7 Å². The van der Waals surface area contributed by atoms with Crippen molar-refractivity contribution in [2.75, 3.05) is 13.2 Å². The number of halogens is 2. The van der Waals surface area contributed by atoms with E-state index in [9.17, 15) is 14.4 Å². The average Bonchev–Trinajstić information content (AvgIpc) is 2.47. The van der Waals surface area contributed by atoms with Crippen molar-refractivity contribution in [3.8, 4) is 0 Å². The average molecular weight is 390 g/mol. The van der Waals surface area contributed by atoms with Crippen LogP contribution >= 0.6 is 23.2 Å². The number of rotatable bonds is 7. The second-order valence-electron chi connectivity index (χ2n) is 6.24. The Hall–Kier alpha value is -1.79. The normalized spacial score (nSPS) is 10.9. The van der Waals surface area contributed by atoms with Gasteiger partial charge in [0, 0.05) is 23.6 Å². The second kappa shape index (κ2) is 9.63. The Bertz CT molecular complexity index is 640. The van der Waals surface area contributed by atoms with E-state index in [1.165, 1.54) is 18.2 Å². The highest BCUT2D eigenvalue weighted by Crippen LogP contribution is 2.21. The van der Waals surface area contributed by atoms with E-state index in [1.807, 2.05) is 0 Å². The standard InChI is InChI=1S/C17H21Cl2NO5/c1-17(2,3)25-16(23)20-8-4-5-15(22)24-10-14(21)12-7-6-11(18)9-13(12)19/h6-7,9H,4-5,8,10H2,1-3H3,(H,20,23). The van der Waals surface area contributed by atoms with Gasteiger partial charge in [0.05, 0.1) is 5.02 Å². The molecule has 0 aliphatic rings. The van der Waals surface area contributed by atoms with Crippen LogP contribution in [0.5, 0.6) is 0 Å². The monoisotopic (exact) mass is 389 g/mol. The number of benzene rings is 1. The Morgan fingerprint density at radius 2 is 1.84 bits per heavy atom. The van der Waals surface area contributed by atoms with Gasteiger partial charge in [-0.1, -0.05) is 23.2 Å². The van der Waals surface area contributed by atoms with Gasteiger partial charge in [0.25, 0.3) is 0 Å². The summed E-state index contributed by atoms with van der Waals surface area (Å²) in [6.45, 7) is 5.14. The first-order valence-electron chi connectivity index (χ1n) is 7.69. The van der Waals surface area contributed by atoms with E-state index in [2.05, 4.69) is 5.32 Å². The zero-order chi connectivity index (χ0) is 19.0. The SMILES string of the molecule is CC(C)(C)OC(=O)NCCCC(=O)OCC(=O)c1ccc(Cl)cc1Cl. The topological polar surface area (TPSA) is 81.7 Å². The minimum Gasteiger partial charge on any atom is -0.457 e. The molecule has 0 aliphatic heterocycles. The van der Waals surface area contributed by atoms with E-state index in [0.29, 0.717) is 11.4 Å². The largest absolute Gasteiger partial charge is 0.457 e. The molecular formula is C17H21Cl2NO5. The minimum absolute atomic E-state index is 0.0669. The number of hydrogen-bond donors (Lipinski definition) is 1. The molecular weight excluding hydrogens is 369 g/mol. The lowest BCUT2D eigenvalue weighted by Crippen LogP contribution is -2.33. The summed E-state index contributed by atoms with van der Waals surface area (Å²) < 4.78 is 9.97. The highest BCUT2D eigenvalue weighted by Gasteiger charge is 2.16. The smallest absolute Gasteiger partial charge is 0.407 e. The first-order valence-corrected chi connectivity index (χ1v) is 8.45. The summed E-state index contributed by atoms with van der Waals surface area (Å²) in [5.41, 5.74) is -0.336. The van der Waals surface area contributed by atoms with Crippen molar-refractivity contribution in [2.45, 2.75) is 39.2 Å². The Morgan fingerprint density at radius 3 is 2.44 bits per heavy atom. The van der Waals surface area contributed by atoms with Crippen molar-refractivity contribution >= 4 is 41.0 Å². The van der Waals surface area contributed by atoms with Gasteiger partial charge >= 0.3 is 12.1 Å². The predicted octanol–water partition coefficient (Wildman–Crippen LogP) is 4.02. The number of esters is 1. The highest BCUT2D eigenvalue weighted by molar-refractivity contribution is 6.36. The third-order valence-electron chi connectivity index (χ3n) is 2.82. The molecule has 0 aliphatic carbocycles. The minimum atomic E-state index is -0.577. The van der Waals surface area contributed by atoms with Gasteiger partial charge in [-0.2, -0.15) is 0 Å². The summed E-state index contributed by atoms with van der Waals surface area (Å²) in [4.78, 5) is 35.0. The van der Waals surface area contributed by atoms with Gasteiger partial charge < -0.3 is 14.8 Å². The Balaban J connectivity index is 2.27. The molecule has 0 unspecified atom stereocenters. The molecule has 6 nitrogen and oxygen atoms in total. The summed E-state index contributed by atoms with van der Waals surface area (Å²) in [6.07, 6.45) is -0.112. The Kier molecular flexibility index (Phi) is 8.19. The van der Waals surface area contributed by atoms with Crippen molar-refractivity contribution in [1.29, 1.82) is 0 Å². The number of Topliss-reactive ketones (excluding diaryl/α,β-unsaturated/α-hetero) is 1. The molecule has 0 aromatic heterocycles. The van der Waals surface area contributed by atoms with Crippen LogP contribution in [0, 0.1) is 0 Å². The Labute approximate surface area is 156 Å². The van der Waals surface area contributed by atoms with Crippen molar-refractivity contribution in [2.24, 2.45) is 0 Å². The molecule has 1 amide bonds. The predicted molar refractivity (Wildman–Crippen MR) is 95.2 cm³/mol. The number of ketones is 1. The van der Waals surface area contributed by atoms with E-state index < -0.39 is 30.1 Å². The molecule has 0 fully saturated rings. The van der Waals surface area contributed by atoms with Gasteiger partial charge in [-0.25, -0.2) is 4.79 Å². The van der Waals surface area contributed by atoms with Crippen LogP contribution in [0.4, 0.5) is 4.79 Å². The lowest BCUT2D eigenvalue weighted by Gasteiger charge is -2.19. The maximum absolute atomic E-state index is 12.0. The highest BCUT2D eigenvalue weighted by atomic mass is 35.5. The van der Waals surface area contributed by atoms with Crippen LogP contribution in [-0.2, 0) is 14.3 Å². The van der Waals surface area contributed by atoms with Crippen LogP contribution < -0.4 is 5.32 Å². The van der Waals surface area contributed by atoms with E-state index in [1.54, 1.807) is 20.8 Å². The summed E-state index contributed by atoms with van der Waals surface area (Å²) in [7, 11) is 0. The van der Waals surface area contributed by atoms with E-state index >= 15 is 0 Å². The fourth-order valence-electron chi connectivity index (χ4n) is 1.75. The quantitative estimate of drug-likeness (QED) is 0.432. The van der Waals surface area contributed by atoms with Gasteiger partial charge in [-0.05, 0) is 45.4 Å². The second-order valence-corrected chi connectivity index (χ2v) is 7.08. The molecule has 25 heavy (non-hydrogen) atoms. The van der Waals surface area contributed by atoms with Crippen molar-refractivity contribution in [1.82, 2.24) is 5.32 Å². The molecule has 0 atom stereocenters. The number of ether oxygens (including phenoxy) is 2. The zero-order valence-corrected chi connectivity index (χ0v) is 15.9. The van der Waals surface area contributed by atoms with Gasteiger partial charge in [0.1, 0.15) is 5.60 Å². The summed E-state index contributed by atoms with van der Waals surface area (Å²) in [6, 6.07) is 4.46. The van der Waals surface area contributed by atoms with Crippen LogP contribution in [0.25, 0.3) is 0 Å². The molecule has 0 saturated carbocycles. The van der Waals surface area contributed by atoms with Crippen molar-refractivity contribution in [3.63, 3.8) is 0 Å². The van der Waals surface area contributed by atoms with Crippen LogP contribution in [0.15, 0.2) is 18.2 Å². The molecule has 1 aromatic carbocycles. The number of carbonyl (C=O) groups is 3. The summed E-state index contributed by atoms with van der Waals surface area (Å²) >= 11 is 11.7. The number of nitrogens with one attached hydrogen (secondary N) is 1. The van der Waals surface area contributed by atoms with Crippen LogP contribution in [0.1, 0.15) is 44.0 Å². The first kappa shape index (κ1) is 21.3. The lowest BCUT2D eigenvalue weighted by molar-refractivity contribution is -0.142. The van der Waals surface area contributed by atoms with Gasteiger partial charge in [-0.3, -0.25) is 9.59 Å². The molecule has 0 heterocycles. The molecule has 0 bridgehead atoms. The van der Waals surface area contributed by atoms with Crippen molar-refractivity contribution in [3.05, 3.63) is 33.8 Å². The first-order chi connectivity index (χ1) is 11.6. The number of hydrogen-bond acceptors (Lipinski definition) is 5. The van der Waals surface area contributed by atoms with Gasteiger partial charge in [0.2, 0.25) is 5.78 Å². The molecule has 1 N–H and O–H groups in total. The van der Waals surface area contributed by atoms with Crippen LogP contribution in [-0.4, -0.2) is 36.6 Å². The summed E-state index contributed by atoms with van der Waals surface area (Å²) in [5, 5.41) is 3.15. The lowest BCUT2D eigenvalue weighted by atomic mass is 10.1. The maximum atomic E-state index is 12.0. The van der Waals surface area contributed by atoms with E-state index in [-0.39, 0.29) is 23.6 Å².